The Bertz CT molecular complexity index is 1500. The molecule has 5 rings (SSSR count). The van der Waals surface area contributed by atoms with Gasteiger partial charge < -0.3 is 9.47 Å². The van der Waals surface area contributed by atoms with Crippen molar-refractivity contribution in [2.75, 3.05) is 7.11 Å². The van der Waals surface area contributed by atoms with Gasteiger partial charge >= 0.3 is 5.97 Å². The highest BCUT2D eigenvalue weighted by Crippen LogP contribution is 2.28. The van der Waals surface area contributed by atoms with E-state index >= 15 is 0 Å². The van der Waals surface area contributed by atoms with Gasteiger partial charge in [0.2, 0.25) is 0 Å². The Morgan fingerprint density at radius 3 is 2.31 bits per heavy atom. The topological polar surface area (TPSA) is 66.2 Å². The molecule has 5 aromatic rings. The van der Waals surface area contributed by atoms with Crippen LogP contribution in [0, 0.1) is 12.7 Å². The van der Waals surface area contributed by atoms with E-state index in [1.807, 2.05) is 66.2 Å². The number of halogens is 1. The molecule has 2 heterocycles. The van der Waals surface area contributed by atoms with E-state index in [-0.39, 0.29) is 5.82 Å². The summed E-state index contributed by atoms with van der Waals surface area (Å²) in [5, 5.41) is 5.30. The summed E-state index contributed by atoms with van der Waals surface area (Å²) < 4.78 is 26.1. The third kappa shape index (κ3) is 4.61. The summed E-state index contributed by atoms with van der Waals surface area (Å²) in [7, 11) is 1.34. The Hall–Kier alpha value is -4.52. The van der Waals surface area contributed by atoms with E-state index in [1.165, 1.54) is 19.2 Å². The van der Waals surface area contributed by atoms with Gasteiger partial charge in [0.1, 0.15) is 17.3 Å². The van der Waals surface area contributed by atoms with Gasteiger partial charge in [-0.25, -0.2) is 14.2 Å². The maximum atomic E-state index is 13.4. The Balaban J connectivity index is 1.48. The maximum Gasteiger partial charge on any atom is 0.338 e. The molecule has 0 bridgehead atoms. The summed E-state index contributed by atoms with van der Waals surface area (Å²) in [6.45, 7) is 2.38. The number of nitrogens with zero attached hydrogens (tertiary/aromatic N) is 3. The van der Waals surface area contributed by atoms with Crippen LogP contribution in [0.25, 0.3) is 22.3 Å². The van der Waals surface area contributed by atoms with Gasteiger partial charge in [0.15, 0.2) is 5.65 Å². The SMILES string of the molecule is COC(=O)c1cc(-c2ccc(F)cc2)nc2nn(Cc3ccc(Oc4ccccc4)cc3)c(C)c12. The molecule has 0 saturated carbocycles. The first kappa shape index (κ1) is 22.3. The Kier molecular flexibility index (Phi) is 5.97. The number of rotatable bonds is 6. The zero-order valence-corrected chi connectivity index (χ0v) is 19.2. The average Bonchev–Trinajstić information content (AvgIpc) is 3.20. The summed E-state index contributed by atoms with van der Waals surface area (Å²) in [5.41, 5.74) is 3.80. The molecule has 0 aliphatic rings. The molecule has 7 heteroatoms. The minimum Gasteiger partial charge on any atom is -0.465 e. The lowest BCUT2D eigenvalue weighted by atomic mass is 10.1. The first-order valence-electron chi connectivity index (χ1n) is 11.1. The standard InChI is InChI=1S/C28H22FN3O3/c1-18-26-24(28(33)34-2)16-25(20-10-12-21(29)13-11-20)30-27(26)31-32(18)17-19-8-14-23(15-9-19)35-22-6-4-3-5-7-22/h3-16H,17H2,1-2H3. The molecule has 6 nitrogen and oxygen atoms in total. The number of benzene rings is 3. The molecule has 0 saturated heterocycles. The van der Waals surface area contributed by atoms with Crippen molar-refractivity contribution >= 4 is 17.0 Å². The lowest BCUT2D eigenvalue weighted by Gasteiger charge is -2.08. The number of fused-ring (bicyclic) bond motifs is 1. The highest BCUT2D eigenvalue weighted by Gasteiger charge is 2.20. The molecule has 0 amide bonds. The Labute approximate surface area is 201 Å². The van der Waals surface area contributed by atoms with Gasteiger partial charge in [-0.2, -0.15) is 5.10 Å². The first-order chi connectivity index (χ1) is 17.0. The van der Waals surface area contributed by atoms with Gasteiger partial charge in [0.25, 0.3) is 0 Å². The molecular formula is C28H22FN3O3. The van der Waals surface area contributed by atoms with Crippen molar-refractivity contribution in [1.29, 1.82) is 0 Å². The monoisotopic (exact) mass is 467 g/mol. The number of aryl methyl sites for hydroxylation is 1. The van der Waals surface area contributed by atoms with E-state index < -0.39 is 5.97 Å². The van der Waals surface area contributed by atoms with Crippen molar-refractivity contribution in [3.05, 3.63) is 108 Å². The lowest BCUT2D eigenvalue weighted by Crippen LogP contribution is -2.05. The molecule has 0 fully saturated rings. The number of esters is 1. The van der Waals surface area contributed by atoms with E-state index in [0.29, 0.717) is 34.4 Å². The molecule has 0 aliphatic carbocycles. The molecule has 0 N–H and O–H groups in total. The minimum absolute atomic E-state index is 0.344. The van der Waals surface area contributed by atoms with Crippen molar-refractivity contribution in [2.45, 2.75) is 13.5 Å². The van der Waals surface area contributed by atoms with E-state index in [4.69, 9.17) is 9.47 Å². The van der Waals surface area contributed by atoms with Crippen molar-refractivity contribution in [1.82, 2.24) is 14.8 Å². The molecule has 35 heavy (non-hydrogen) atoms. The van der Waals surface area contributed by atoms with Crippen LogP contribution in [0.3, 0.4) is 0 Å². The number of hydrogen-bond acceptors (Lipinski definition) is 5. The van der Waals surface area contributed by atoms with Crippen LogP contribution < -0.4 is 4.74 Å². The number of carbonyl (C=O) groups is 1. The Morgan fingerprint density at radius 2 is 1.63 bits per heavy atom. The second kappa shape index (κ2) is 9.38. The predicted octanol–water partition coefficient (Wildman–Crippen LogP) is 6.17. The van der Waals surface area contributed by atoms with Crippen molar-refractivity contribution in [3.8, 4) is 22.8 Å². The Morgan fingerprint density at radius 1 is 0.943 bits per heavy atom. The maximum absolute atomic E-state index is 13.4. The fourth-order valence-corrected chi connectivity index (χ4v) is 3.93. The largest absolute Gasteiger partial charge is 0.465 e. The molecule has 0 radical (unpaired) electrons. The third-order valence-corrected chi connectivity index (χ3v) is 5.74. The number of ether oxygens (including phenoxy) is 2. The number of para-hydroxylation sites is 1. The molecule has 0 spiro atoms. The van der Waals surface area contributed by atoms with E-state index in [9.17, 15) is 9.18 Å². The molecule has 3 aromatic carbocycles. The number of carbonyl (C=O) groups excluding carboxylic acids is 1. The molecular weight excluding hydrogens is 445 g/mol. The van der Waals surface area contributed by atoms with Crippen LogP contribution >= 0.6 is 0 Å². The van der Waals surface area contributed by atoms with Gasteiger partial charge in [-0.15, -0.1) is 0 Å². The summed E-state index contributed by atoms with van der Waals surface area (Å²) in [6, 6.07) is 25.0. The second-order valence-corrected chi connectivity index (χ2v) is 8.05. The third-order valence-electron chi connectivity index (χ3n) is 5.74. The zero-order chi connectivity index (χ0) is 24.4. The van der Waals surface area contributed by atoms with E-state index in [0.717, 1.165) is 22.8 Å². The van der Waals surface area contributed by atoms with Gasteiger partial charge in [0, 0.05) is 11.3 Å². The van der Waals surface area contributed by atoms with Crippen molar-refractivity contribution in [3.63, 3.8) is 0 Å². The number of methoxy groups -OCH3 is 1. The number of aromatic nitrogens is 3. The van der Waals surface area contributed by atoms with Crippen molar-refractivity contribution < 1.29 is 18.7 Å². The quantitative estimate of drug-likeness (QED) is 0.279. The highest BCUT2D eigenvalue weighted by atomic mass is 19.1. The average molecular weight is 468 g/mol. The van der Waals surface area contributed by atoms with Gasteiger partial charge in [-0.3, -0.25) is 4.68 Å². The molecule has 0 unspecified atom stereocenters. The normalized spacial score (nSPS) is 10.9. The van der Waals surface area contributed by atoms with Crippen LogP contribution in [0.15, 0.2) is 84.9 Å². The van der Waals surface area contributed by atoms with Crippen molar-refractivity contribution in [2.24, 2.45) is 0 Å². The second-order valence-electron chi connectivity index (χ2n) is 8.05. The van der Waals surface area contributed by atoms with Gasteiger partial charge in [-0.1, -0.05) is 30.3 Å². The zero-order valence-electron chi connectivity index (χ0n) is 19.2. The van der Waals surface area contributed by atoms with Crippen LogP contribution in [0.4, 0.5) is 4.39 Å². The minimum atomic E-state index is -0.481. The van der Waals surface area contributed by atoms with Gasteiger partial charge in [-0.05, 0) is 67.1 Å². The summed E-state index contributed by atoms with van der Waals surface area (Å²) in [5.74, 6) is 0.683. The van der Waals surface area contributed by atoms with E-state index in [1.54, 1.807) is 18.2 Å². The molecule has 0 atom stereocenters. The fraction of sp³-hybridized carbons (Fsp3) is 0.107. The molecule has 174 valence electrons. The van der Waals surface area contributed by atoms with Crippen LogP contribution in [-0.2, 0) is 11.3 Å². The summed E-state index contributed by atoms with van der Waals surface area (Å²) in [4.78, 5) is 17.3. The predicted molar refractivity (Wildman–Crippen MR) is 131 cm³/mol. The smallest absolute Gasteiger partial charge is 0.338 e. The van der Waals surface area contributed by atoms with E-state index in [2.05, 4.69) is 10.1 Å². The summed E-state index contributed by atoms with van der Waals surface area (Å²) in [6.07, 6.45) is 0. The lowest BCUT2D eigenvalue weighted by molar-refractivity contribution is 0.0603. The molecule has 0 aliphatic heterocycles. The highest BCUT2D eigenvalue weighted by molar-refractivity contribution is 6.04. The first-order valence-corrected chi connectivity index (χ1v) is 11.1. The molecule has 2 aromatic heterocycles. The van der Waals surface area contributed by atoms with Crippen LogP contribution in [0.1, 0.15) is 21.6 Å². The van der Waals surface area contributed by atoms with Crippen LogP contribution in [-0.4, -0.2) is 27.8 Å². The number of hydrogen-bond donors (Lipinski definition) is 0. The summed E-state index contributed by atoms with van der Waals surface area (Å²) >= 11 is 0. The van der Waals surface area contributed by atoms with Crippen LogP contribution in [0.5, 0.6) is 11.5 Å². The van der Waals surface area contributed by atoms with Gasteiger partial charge in [0.05, 0.1) is 30.3 Å². The number of pyridine rings is 1. The fourth-order valence-electron chi connectivity index (χ4n) is 3.93. The van der Waals surface area contributed by atoms with Crippen LogP contribution in [0.2, 0.25) is 0 Å².